The number of halogens is 1. The molecule has 0 amide bonds. The molecule has 0 aromatic heterocycles. The second-order valence-electron chi connectivity index (χ2n) is 5.66. The summed E-state index contributed by atoms with van der Waals surface area (Å²) in [5.74, 6) is -0.00519. The minimum Gasteiger partial charge on any atom is -0.409 e. The van der Waals surface area contributed by atoms with Crippen LogP contribution in [0.25, 0.3) is 0 Å². The molecule has 1 aromatic rings. The third-order valence-electron chi connectivity index (χ3n) is 3.60. The SMILES string of the molecule is CCC(CC)N(CC(C)C)c1ccc(F)cc1C(N)=NO. The summed E-state index contributed by atoms with van der Waals surface area (Å²) in [5, 5.41) is 12.0. The highest BCUT2D eigenvalue weighted by Crippen LogP contribution is 2.27. The van der Waals surface area contributed by atoms with E-state index in [4.69, 9.17) is 10.9 Å². The average molecular weight is 295 g/mol. The summed E-state index contributed by atoms with van der Waals surface area (Å²) >= 11 is 0. The van der Waals surface area contributed by atoms with E-state index in [1.54, 1.807) is 6.07 Å². The van der Waals surface area contributed by atoms with E-state index in [2.05, 4.69) is 37.8 Å². The maximum atomic E-state index is 13.5. The Hall–Kier alpha value is -1.78. The number of nitrogens with zero attached hydrogens (tertiary/aromatic N) is 2. The predicted octanol–water partition coefficient (Wildman–Crippen LogP) is 3.57. The highest BCUT2D eigenvalue weighted by atomic mass is 19.1. The number of rotatable bonds is 7. The zero-order chi connectivity index (χ0) is 16.0. The van der Waals surface area contributed by atoms with Gasteiger partial charge in [-0.05, 0) is 37.0 Å². The maximum Gasteiger partial charge on any atom is 0.172 e. The van der Waals surface area contributed by atoms with Gasteiger partial charge in [-0.2, -0.15) is 0 Å². The fourth-order valence-corrected chi connectivity index (χ4v) is 2.58. The van der Waals surface area contributed by atoms with Crippen molar-refractivity contribution in [1.82, 2.24) is 0 Å². The van der Waals surface area contributed by atoms with E-state index in [1.165, 1.54) is 12.1 Å². The fourth-order valence-electron chi connectivity index (χ4n) is 2.58. The monoisotopic (exact) mass is 295 g/mol. The minimum atomic E-state index is -0.394. The van der Waals surface area contributed by atoms with E-state index < -0.39 is 5.82 Å². The largest absolute Gasteiger partial charge is 0.409 e. The first-order chi connectivity index (χ1) is 9.94. The third kappa shape index (κ3) is 4.34. The molecule has 0 heterocycles. The Balaban J connectivity index is 3.35. The van der Waals surface area contributed by atoms with Gasteiger partial charge in [-0.15, -0.1) is 0 Å². The fraction of sp³-hybridized carbons (Fsp3) is 0.562. The van der Waals surface area contributed by atoms with Crippen molar-refractivity contribution in [3.05, 3.63) is 29.6 Å². The molecule has 4 nitrogen and oxygen atoms in total. The Morgan fingerprint density at radius 2 is 1.95 bits per heavy atom. The molecule has 118 valence electrons. The van der Waals surface area contributed by atoms with Gasteiger partial charge < -0.3 is 15.8 Å². The Labute approximate surface area is 126 Å². The molecule has 0 fully saturated rings. The predicted molar refractivity (Wildman–Crippen MR) is 85.5 cm³/mol. The number of benzene rings is 1. The second kappa shape index (κ2) is 7.86. The van der Waals surface area contributed by atoms with Crippen LogP contribution < -0.4 is 10.6 Å². The topological polar surface area (TPSA) is 61.8 Å². The van der Waals surface area contributed by atoms with Crippen LogP contribution in [0.3, 0.4) is 0 Å². The molecule has 5 heteroatoms. The van der Waals surface area contributed by atoms with Gasteiger partial charge in [-0.25, -0.2) is 4.39 Å². The third-order valence-corrected chi connectivity index (χ3v) is 3.60. The molecular weight excluding hydrogens is 269 g/mol. The number of nitrogens with two attached hydrogens (primary N) is 1. The number of hydrogen-bond acceptors (Lipinski definition) is 3. The van der Waals surface area contributed by atoms with Gasteiger partial charge in [0, 0.05) is 23.8 Å². The quantitative estimate of drug-likeness (QED) is 0.350. The molecule has 0 radical (unpaired) electrons. The van der Waals surface area contributed by atoms with Crippen molar-refractivity contribution in [3.8, 4) is 0 Å². The van der Waals surface area contributed by atoms with Crippen molar-refractivity contribution in [3.63, 3.8) is 0 Å². The van der Waals surface area contributed by atoms with Crippen molar-refractivity contribution in [2.24, 2.45) is 16.8 Å². The molecule has 0 saturated carbocycles. The molecule has 0 unspecified atom stereocenters. The molecule has 0 bridgehead atoms. The maximum absolute atomic E-state index is 13.5. The standard InChI is InChI=1S/C16H26FN3O/c1-5-13(6-2)20(10-11(3)4)15-8-7-12(17)9-14(15)16(18)19-21/h7-9,11,13,21H,5-6,10H2,1-4H3,(H2,18,19). The molecular formula is C16H26FN3O. The van der Waals surface area contributed by atoms with Crippen LogP contribution in [0.1, 0.15) is 46.1 Å². The van der Waals surface area contributed by atoms with Gasteiger partial charge in [-0.1, -0.05) is 32.9 Å². The lowest BCUT2D eigenvalue weighted by Crippen LogP contribution is -2.38. The summed E-state index contributed by atoms with van der Waals surface area (Å²) in [6.07, 6.45) is 1.96. The Kier molecular flexibility index (Phi) is 6.46. The highest BCUT2D eigenvalue weighted by molar-refractivity contribution is 6.02. The summed E-state index contributed by atoms with van der Waals surface area (Å²) < 4.78 is 13.5. The summed E-state index contributed by atoms with van der Waals surface area (Å²) in [5.41, 5.74) is 6.97. The molecule has 0 aliphatic carbocycles. The number of oxime groups is 1. The molecule has 1 rings (SSSR count). The van der Waals surface area contributed by atoms with Crippen LogP contribution in [-0.2, 0) is 0 Å². The molecule has 0 spiro atoms. The summed E-state index contributed by atoms with van der Waals surface area (Å²) in [7, 11) is 0. The highest BCUT2D eigenvalue weighted by Gasteiger charge is 2.21. The van der Waals surface area contributed by atoms with Crippen molar-refractivity contribution in [2.45, 2.75) is 46.6 Å². The smallest absolute Gasteiger partial charge is 0.172 e. The Morgan fingerprint density at radius 1 is 1.33 bits per heavy atom. The van der Waals surface area contributed by atoms with Crippen molar-refractivity contribution >= 4 is 11.5 Å². The van der Waals surface area contributed by atoms with E-state index >= 15 is 0 Å². The average Bonchev–Trinajstić information content (AvgIpc) is 2.46. The molecule has 0 atom stereocenters. The normalized spacial score (nSPS) is 12.2. The molecule has 21 heavy (non-hydrogen) atoms. The lowest BCUT2D eigenvalue weighted by Gasteiger charge is -2.35. The van der Waals surface area contributed by atoms with Gasteiger partial charge in [0.2, 0.25) is 0 Å². The van der Waals surface area contributed by atoms with E-state index in [0.717, 1.165) is 25.1 Å². The Bertz CT molecular complexity index is 484. The van der Waals surface area contributed by atoms with Crippen LogP contribution in [0.5, 0.6) is 0 Å². The van der Waals surface area contributed by atoms with Crippen LogP contribution >= 0.6 is 0 Å². The second-order valence-corrected chi connectivity index (χ2v) is 5.66. The molecule has 1 aromatic carbocycles. The van der Waals surface area contributed by atoms with Gasteiger partial charge in [0.25, 0.3) is 0 Å². The first-order valence-electron chi connectivity index (χ1n) is 7.48. The van der Waals surface area contributed by atoms with Crippen LogP contribution in [0.4, 0.5) is 10.1 Å². The zero-order valence-corrected chi connectivity index (χ0v) is 13.3. The summed E-state index contributed by atoms with van der Waals surface area (Å²) in [4.78, 5) is 2.23. The van der Waals surface area contributed by atoms with Crippen LogP contribution in [0.2, 0.25) is 0 Å². The number of amidine groups is 1. The van der Waals surface area contributed by atoms with Gasteiger partial charge >= 0.3 is 0 Å². The van der Waals surface area contributed by atoms with Gasteiger partial charge in [0.05, 0.1) is 0 Å². The van der Waals surface area contributed by atoms with E-state index in [0.29, 0.717) is 17.5 Å². The van der Waals surface area contributed by atoms with Crippen molar-refractivity contribution < 1.29 is 9.60 Å². The van der Waals surface area contributed by atoms with Gasteiger partial charge in [0.1, 0.15) is 5.82 Å². The first kappa shape index (κ1) is 17.3. The minimum absolute atomic E-state index is 0.0655. The van der Waals surface area contributed by atoms with Crippen molar-refractivity contribution in [1.29, 1.82) is 0 Å². The van der Waals surface area contributed by atoms with Gasteiger partial charge in [0.15, 0.2) is 5.84 Å². The molecule has 0 aliphatic heterocycles. The van der Waals surface area contributed by atoms with Gasteiger partial charge in [-0.3, -0.25) is 0 Å². The number of anilines is 1. The number of hydrogen-bond donors (Lipinski definition) is 2. The summed E-state index contributed by atoms with van der Waals surface area (Å²) in [6.45, 7) is 9.39. The molecule has 0 saturated heterocycles. The lowest BCUT2D eigenvalue weighted by molar-refractivity contribution is 0.318. The van der Waals surface area contributed by atoms with Crippen LogP contribution in [0, 0.1) is 11.7 Å². The van der Waals surface area contributed by atoms with Crippen molar-refractivity contribution in [2.75, 3.05) is 11.4 Å². The zero-order valence-electron chi connectivity index (χ0n) is 13.3. The first-order valence-corrected chi connectivity index (χ1v) is 7.48. The van der Waals surface area contributed by atoms with E-state index in [1.807, 2.05) is 0 Å². The molecule has 0 aliphatic rings. The lowest BCUT2D eigenvalue weighted by atomic mass is 10.0. The van der Waals surface area contributed by atoms with Crippen LogP contribution in [-0.4, -0.2) is 23.6 Å². The van der Waals surface area contributed by atoms with Crippen LogP contribution in [0.15, 0.2) is 23.4 Å². The molecule has 3 N–H and O–H groups in total. The van der Waals surface area contributed by atoms with E-state index in [-0.39, 0.29) is 5.84 Å². The Morgan fingerprint density at radius 3 is 2.43 bits per heavy atom. The van der Waals surface area contributed by atoms with E-state index in [9.17, 15) is 4.39 Å². The summed E-state index contributed by atoms with van der Waals surface area (Å²) in [6, 6.07) is 4.78.